The van der Waals surface area contributed by atoms with Crippen LogP contribution in [-0.2, 0) is 19.3 Å². The van der Waals surface area contributed by atoms with E-state index >= 15 is 0 Å². The lowest BCUT2D eigenvalue weighted by molar-refractivity contribution is -0.137. The number of hydrogen-bond acceptors (Lipinski definition) is 3. The molecule has 0 spiro atoms. The maximum absolute atomic E-state index is 13.5. The van der Waals surface area contributed by atoms with Crippen molar-refractivity contribution in [2.24, 2.45) is 5.92 Å². The van der Waals surface area contributed by atoms with E-state index in [1.54, 1.807) is 21.9 Å². The summed E-state index contributed by atoms with van der Waals surface area (Å²) >= 11 is 0. The van der Waals surface area contributed by atoms with Gasteiger partial charge in [0.2, 0.25) is 0 Å². The lowest BCUT2D eigenvalue weighted by atomic mass is 10.0. The van der Waals surface area contributed by atoms with Gasteiger partial charge in [0, 0.05) is 37.9 Å². The monoisotopic (exact) mass is 600 g/mol. The number of carbonyl (C=O) groups is 2. The second-order valence-corrected chi connectivity index (χ2v) is 11.0. The third-order valence-electron chi connectivity index (χ3n) is 7.13. The minimum Gasteiger partial charge on any atom is -0.493 e. The molecule has 0 radical (unpaired) electrons. The average Bonchev–Trinajstić information content (AvgIpc) is 2.99. The van der Waals surface area contributed by atoms with Crippen molar-refractivity contribution >= 4 is 17.7 Å². The highest BCUT2D eigenvalue weighted by Gasteiger charge is 2.31. The zero-order valence-corrected chi connectivity index (χ0v) is 24.2. The third-order valence-corrected chi connectivity index (χ3v) is 7.13. The normalized spacial score (nSPS) is 14.0. The fourth-order valence-electron chi connectivity index (χ4n) is 4.72. The topological polar surface area (TPSA) is 73.9 Å². The van der Waals surface area contributed by atoms with Crippen LogP contribution in [0.1, 0.15) is 43.4 Å². The number of halogens is 4. The molecule has 0 atom stereocenters. The summed E-state index contributed by atoms with van der Waals surface area (Å²) in [5.41, 5.74) is 1.14. The van der Waals surface area contributed by atoms with Gasteiger partial charge >= 0.3 is 18.2 Å². The third kappa shape index (κ3) is 9.36. The molecule has 4 rings (SSSR count). The number of nitrogens with zero attached hydrogens (tertiary/aromatic N) is 2. The molecule has 3 aromatic carbocycles. The number of urea groups is 2. The van der Waals surface area contributed by atoms with E-state index in [9.17, 15) is 27.2 Å². The predicted molar refractivity (Wildman–Crippen MR) is 156 cm³/mol. The summed E-state index contributed by atoms with van der Waals surface area (Å²) < 4.78 is 57.7. The molecular formula is C32H36F4N4O3. The molecule has 0 unspecified atom stereocenters. The molecule has 0 aliphatic carbocycles. The van der Waals surface area contributed by atoms with Gasteiger partial charge in [0.15, 0.2) is 0 Å². The van der Waals surface area contributed by atoms with E-state index in [4.69, 9.17) is 4.74 Å². The van der Waals surface area contributed by atoms with E-state index in [0.29, 0.717) is 45.0 Å². The summed E-state index contributed by atoms with van der Waals surface area (Å²) in [5, 5.41) is 5.62. The van der Waals surface area contributed by atoms with Gasteiger partial charge in [-0.15, -0.1) is 0 Å². The van der Waals surface area contributed by atoms with E-state index in [1.165, 1.54) is 24.3 Å². The van der Waals surface area contributed by atoms with Crippen molar-refractivity contribution in [1.82, 2.24) is 15.1 Å². The first-order valence-electron chi connectivity index (χ1n) is 14.2. The van der Waals surface area contributed by atoms with Crippen molar-refractivity contribution in [2.75, 3.05) is 25.0 Å². The number of alkyl halides is 3. The number of rotatable bonds is 9. The Hall–Kier alpha value is -4.28. The Kier molecular flexibility index (Phi) is 10.5. The number of benzene rings is 3. The summed E-state index contributed by atoms with van der Waals surface area (Å²) in [7, 11) is 0. The van der Waals surface area contributed by atoms with E-state index < -0.39 is 17.8 Å². The zero-order chi connectivity index (χ0) is 31.0. The van der Waals surface area contributed by atoms with Crippen LogP contribution in [0.2, 0.25) is 0 Å². The van der Waals surface area contributed by atoms with Gasteiger partial charge in [-0.2, -0.15) is 13.2 Å². The molecule has 7 nitrogen and oxygen atoms in total. The standard InChI is InChI=1S/C32H36F4N4O3/c1-22(2)21-43-29-13-5-23(6-14-29)19-37-30(41)40(20-24-3-9-26(33)10-4-24)28-15-17-39(18-16-28)31(42)38-27-11-7-25(8-12-27)32(34,35)36/h3-14,22,28H,15-21H2,1-2H3,(H,37,41)(H,38,42). The van der Waals surface area contributed by atoms with Gasteiger partial charge in [-0.3, -0.25) is 0 Å². The molecule has 1 fully saturated rings. The van der Waals surface area contributed by atoms with Crippen molar-refractivity contribution in [2.45, 2.75) is 52.0 Å². The molecule has 230 valence electrons. The van der Waals surface area contributed by atoms with Crippen LogP contribution in [0.25, 0.3) is 0 Å². The predicted octanol–water partition coefficient (Wildman–Crippen LogP) is 7.29. The van der Waals surface area contributed by atoms with Crippen LogP contribution < -0.4 is 15.4 Å². The molecule has 1 aliphatic rings. The van der Waals surface area contributed by atoms with Crippen LogP contribution in [0.3, 0.4) is 0 Å². The van der Waals surface area contributed by atoms with E-state index in [-0.39, 0.29) is 30.1 Å². The first kappa shape index (κ1) is 31.7. The molecule has 1 saturated heterocycles. The quantitative estimate of drug-likeness (QED) is 0.254. The number of carbonyl (C=O) groups excluding carboxylic acids is 2. The molecule has 3 aromatic rings. The summed E-state index contributed by atoms with van der Waals surface area (Å²) in [6, 6.07) is 16.9. The highest BCUT2D eigenvalue weighted by atomic mass is 19.4. The summed E-state index contributed by atoms with van der Waals surface area (Å²) in [6.45, 7) is 6.02. The number of nitrogens with one attached hydrogen (secondary N) is 2. The van der Waals surface area contributed by atoms with Crippen LogP contribution >= 0.6 is 0 Å². The SMILES string of the molecule is CC(C)COc1ccc(CNC(=O)N(Cc2ccc(F)cc2)C2CCN(C(=O)Nc3ccc(C(F)(F)F)cc3)CC2)cc1. The molecule has 1 heterocycles. The van der Waals surface area contributed by atoms with Gasteiger partial charge < -0.3 is 25.2 Å². The van der Waals surface area contributed by atoms with Gasteiger partial charge in [0.1, 0.15) is 11.6 Å². The number of ether oxygens (including phenoxy) is 1. The number of amides is 4. The van der Waals surface area contributed by atoms with E-state index in [1.807, 2.05) is 24.3 Å². The zero-order valence-electron chi connectivity index (χ0n) is 24.2. The van der Waals surface area contributed by atoms with Gasteiger partial charge in [-0.1, -0.05) is 38.1 Å². The van der Waals surface area contributed by atoms with Gasteiger partial charge in [0.25, 0.3) is 0 Å². The maximum atomic E-state index is 13.5. The number of piperidine rings is 1. The first-order valence-corrected chi connectivity index (χ1v) is 14.2. The molecule has 0 bridgehead atoms. The largest absolute Gasteiger partial charge is 0.493 e. The summed E-state index contributed by atoms with van der Waals surface area (Å²) in [6.07, 6.45) is -3.46. The van der Waals surface area contributed by atoms with E-state index in [0.717, 1.165) is 29.0 Å². The minimum atomic E-state index is -4.46. The van der Waals surface area contributed by atoms with Crippen molar-refractivity contribution in [1.29, 1.82) is 0 Å². The van der Waals surface area contributed by atoms with Crippen LogP contribution in [0.4, 0.5) is 32.8 Å². The Morgan fingerprint density at radius 2 is 1.53 bits per heavy atom. The van der Waals surface area contributed by atoms with E-state index in [2.05, 4.69) is 24.5 Å². The number of likely N-dealkylation sites (tertiary alicyclic amines) is 1. The molecule has 1 aliphatic heterocycles. The lowest BCUT2D eigenvalue weighted by Gasteiger charge is -2.38. The summed E-state index contributed by atoms with van der Waals surface area (Å²) in [5.74, 6) is 0.801. The molecule has 4 amide bonds. The Labute approximate surface area is 248 Å². The first-order chi connectivity index (χ1) is 20.5. The molecule has 11 heteroatoms. The van der Waals surface area contributed by atoms with Crippen molar-refractivity contribution in [3.8, 4) is 5.75 Å². The second-order valence-electron chi connectivity index (χ2n) is 11.0. The van der Waals surface area contributed by atoms with Gasteiger partial charge in [0.05, 0.1) is 12.2 Å². The minimum absolute atomic E-state index is 0.188. The second kappa shape index (κ2) is 14.3. The fraction of sp³-hybridized carbons (Fsp3) is 0.375. The van der Waals surface area contributed by atoms with Crippen molar-refractivity contribution in [3.63, 3.8) is 0 Å². The highest BCUT2D eigenvalue weighted by Crippen LogP contribution is 2.30. The smallest absolute Gasteiger partial charge is 0.416 e. The Morgan fingerprint density at radius 1 is 0.930 bits per heavy atom. The van der Waals surface area contributed by atoms with Gasteiger partial charge in [-0.05, 0) is 78.4 Å². The van der Waals surface area contributed by atoms with Crippen LogP contribution in [0.15, 0.2) is 72.8 Å². The number of anilines is 1. The molecule has 2 N–H and O–H groups in total. The van der Waals surface area contributed by atoms with Crippen LogP contribution in [0, 0.1) is 11.7 Å². The fourth-order valence-corrected chi connectivity index (χ4v) is 4.72. The van der Waals surface area contributed by atoms with Crippen molar-refractivity contribution < 1.29 is 31.9 Å². The Balaban J connectivity index is 1.36. The molecule has 0 saturated carbocycles. The Bertz CT molecular complexity index is 1340. The maximum Gasteiger partial charge on any atom is 0.416 e. The lowest BCUT2D eigenvalue weighted by Crippen LogP contribution is -2.51. The Morgan fingerprint density at radius 3 is 2.12 bits per heavy atom. The average molecular weight is 601 g/mol. The molecular weight excluding hydrogens is 564 g/mol. The number of hydrogen-bond donors (Lipinski definition) is 2. The molecule has 43 heavy (non-hydrogen) atoms. The van der Waals surface area contributed by atoms with Crippen molar-refractivity contribution in [3.05, 3.63) is 95.3 Å². The highest BCUT2D eigenvalue weighted by molar-refractivity contribution is 5.89. The van der Waals surface area contributed by atoms with Crippen LogP contribution in [-0.4, -0.2) is 47.6 Å². The van der Waals surface area contributed by atoms with Gasteiger partial charge in [-0.25, -0.2) is 14.0 Å². The molecule has 0 aromatic heterocycles. The van der Waals surface area contributed by atoms with Crippen LogP contribution in [0.5, 0.6) is 5.75 Å². The summed E-state index contributed by atoms with van der Waals surface area (Å²) in [4.78, 5) is 29.5.